The summed E-state index contributed by atoms with van der Waals surface area (Å²) >= 11 is 0. The van der Waals surface area contributed by atoms with E-state index in [1.165, 1.54) is 10.7 Å². The molecule has 4 aromatic rings. The number of benzene rings is 2. The normalized spacial score (nSPS) is 11.4. The van der Waals surface area contributed by atoms with E-state index in [4.69, 9.17) is 0 Å². The molecule has 0 unspecified atom stereocenters. The Balaban J connectivity index is 1.49. The molecule has 2 heterocycles. The minimum absolute atomic E-state index is 0.0849. The maximum absolute atomic E-state index is 12.9. The van der Waals surface area contributed by atoms with Crippen molar-refractivity contribution >= 4 is 22.5 Å². The van der Waals surface area contributed by atoms with Crippen molar-refractivity contribution in [3.05, 3.63) is 94.5 Å². The summed E-state index contributed by atoms with van der Waals surface area (Å²) in [7, 11) is 0. The first-order valence-corrected chi connectivity index (χ1v) is 9.97. The van der Waals surface area contributed by atoms with E-state index < -0.39 is 17.6 Å². The van der Waals surface area contributed by atoms with Crippen molar-refractivity contribution in [2.24, 2.45) is 0 Å². The van der Waals surface area contributed by atoms with Crippen LogP contribution in [0.1, 0.15) is 16.1 Å². The van der Waals surface area contributed by atoms with Crippen LogP contribution in [0.4, 0.5) is 19.0 Å². The summed E-state index contributed by atoms with van der Waals surface area (Å²) < 4.78 is 39.0. The van der Waals surface area contributed by atoms with E-state index in [2.05, 4.69) is 20.7 Å². The zero-order valence-corrected chi connectivity index (χ0v) is 17.1. The number of anilines is 1. The highest BCUT2D eigenvalue weighted by molar-refractivity contribution is 6.04. The number of carbonyl (C=O) groups excluding carboxylic acids is 1. The van der Waals surface area contributed by atoms with Crippen molar-refractivity contribution in [2.45, 2.75) is 6.18 Å². The lowest BCUT2D eigenvalue weighted by Gasteiger charge is -2.12. The third kappa shape index (κ3) is 4.84. The van der Waals surface area contributed by atoms with Crippen LogP contribution in [0.2, 0.25) is 0 Å². The number of pyridine rings is 1. The van der Waals surface area contributed by atoms with Crippen molar-refractivity contribution < 1.29 is 18.0 Å². The lowest BCUT2D eigenvalue weighted by atomic mass is 10.1. The number of nitrogens with zero attached hydrogens (tertiary/aromatic N) is 3. The van der Waals surface area contributed by atoms with Gasteiger partial charge in [-0.2, -0.15) is 23.0 Å². The van der Waals surface area contributed by atoms with Crippen LogP contribution >= 0.6 is 0 Å². The SMILES string of the molecule is O=C(NCCNc1ccc(C(F)(F)F)cn1)c1nn(-c2ccccc2)c(=O)c2ccccc12. The van der Waals surface area contributed by atoms with Crippen molar-refractivity contribution in [3.63, 3.8) is 0 Å². The van der Waals surface area contributed by atoms with Crippen molar-refractivity contribution in [1.82, 2.24) is 20.1 Å². The monoisotopic (exact) mass is 453 g/mol. The molecule has 168 valence electrons. The van der Waals surface area contributed by atoms with Gasteiger partial charge < -0.3 is 10.6 Å². The van der Waals surface area contributed by atoms with Gasteiger partial charge in [-0.25, -0.2) is 4.98 Å². The number of halogens is 3. The number of alkyl halides is 3. The van der Waals surface area contributed by atoms with E-state index in [9.17, 15) is 22.8 Å². The maximum Gasteiger partial charge on any atom is 0.417 e. The molecule has 0 atom stereocenters. The van der Waals surface area contributed by atoms with Crippen molar-refractivity contribution in [1.29, 1.82) is 0 Å². The Labute approximate surface area is 185 Å². The molecule has 2 aromatic carbocycles. The number of nitrogens with one attached hydrogen (secondary N) is 2. The van der Waals surface area contributed by atoms with Gasteiger partial charge in [0, 0.05) is 24.7 Å². The molecule has 0 saturated heterocycles. The minimum Gasteiger partial charge on any atom is -0.368 e. The molecule has 2 N–H and O–H groups in total. The molecule has 0 spiro atoms. The number of rotatable bonds is 6. The Kier molecular flexibility index (Phi) is 6.07. The molecule has 0 fully saturated rings. The summed E-state index contributed by atoms with van der Waals surface area (Å²) in [5.74, 6) is -0.239. The standard InChI is InChI=1S/C23H18F3N5O2/c24-23(25,26)15-10-11-19(29-14-15)27-12-13-28-21(32)20-17-8-4-5-9-18(17)22(33)31(30-20)16-6-2-1-3-7-16/h1-11,14H,12-13H2,(H,27,29)(H,28,32). The molecule has 0 aliphatic heterocycles. The molecule has 7 nitrogen and oxygen atoms in total. The molecule has 0 aliphatic carbocycles. The Morgan fingerprint density at radius 3 is 2.27 bits per heavy atom. The fraction of sp³-hybridized carbons (Fsp3) is 0.130. The van der Waals surface area contributed by atoms with Gasteiger partial charge in [-0.05, 0) is 30.3 Å². The molecular weight excluding hydrogens is 435 g/mol. The molecule has 2 aromatic heterocycles. The van der Waals surface area contributed by atoms with Gasteiger partial charge in [-0.15, -0.1) is 0 Å². The topological polar surface area (TPSA) is 88.9 Å². The molecule has 4 rings (SSSR count). The Hall–Kier alpha value is -4.21. The van der Waals surface area contributed by atoms with Crippen LogP contribution in [0.3, 0.4) is 0 Å². The average Bonchev–Trinajstić information content (AvgIpc) is 2.82. The van der Waals surface area contributed by atoms with Crippen molar-refractivity contribution in [3.8, 4) is 5.69 Å². The van der Waals surface area contributed by atoms with E-state index in [0.29, 0.717) is 16.5 Å². The van der Waals surface area contributed by atoms with Gasteiger partial charge in [0.05, 0.1) is 16.6 Å². The fourth-order valence-corrected chi connectivity index (χ4v) is 3.22. The van der Waals surface area contributed by atoms with Gasteiger partial charge >= 0.3 is 6.18 Å². The van der Waals surface area contributed by atoms with E-state index in [0.717, 1.165) is 12.3 Å². The Morgan fingerprint density at radius 2 is 1.61 bits per heavy atom. The van der Waals surface area contributed by atoms with E-state index in [1.807, 2.05) is 6.07 Å². The highest BCUT2D eigenvalue weighted by atomic mass is 19.4. The predicted molar refractivity (Wildman–Crippen MR) is 117 cm³/mol. The van der Waals surface area contributed by atoms with E-state index >= 15 is 0 Å². The Bertz CT molecular complexity index is 1340. The highest BCUT2D eigenvalue weighted by Gasteiger charge is 2.30. The minimum atomic E-state index is -4.45. The first-order chi connectivity index (χ1) is 15.8. The molecular formula is C23H18F3N5O2. The second-order valence-electron chi connectivity index (χ2n) is 7.06. The molecule has 0 aliphatic rings. The number of aromatic nitrogens is 3. The largest absolute Gasteiger partial charge is 0.417 e. The molecule has 33 heavy (non-hydrogen) atoms. The summed E-state index contributed by atoms with van der Waals surface area (Å²) in [5, 5.41) is 10.6. The Morgan fingerprint density at radius 1 is 0.909 bits per heavy atom. The van der Waals surface area contributed by atoms with Gasteiger partial charge in [-0.1, -0.05) is 36.4 Å². The quantitative estimate of drug-likeness (QED) is 0.435. The summed E-state index contributed by atoms with van der Waals surface area (Å²) in [4.78, 5) is 29.5. The number of hydrogen-bond donors (Lipinski definition) is 2. The number of fused-ring (bicyclic) bond motifs is 1. The summed E-state index contributed by atoms with van der Waals surface area (Å²) in [6.07, 6.45) is -3.71. The van der Waals surface area contributed by atoms with Gasteiger partial charge in [0.15, 0.2) is 5.69 Å². The lowest BCUT2D eigenvalue weighted by molar-refractivity contribution is -0.137. The molecule has 10 heteroatoms. The number of carbonyl (C=O) groups is 1. The second kappa shape index (κ2) is 9.11. The van der Waals surface area contributed by atoms with E-state index in [1.54, 1.807) is 48.5 Å². The number of amides is 1. The smallest absolute Gasteiger partial charge is 0.368 e. The van der Waals surface area contributed by atoms with Gasteiger partial charge in [0.1, 0.15) is 5.82 Å². The third-order valence-corrected chi connectivity index (χ3v) is 4.83. The van der Waals surface area contributed by atoms with Gasteiger partial charge in [-0.3, -0.25) is 9.59 Å². The van der Waals surface area contributed by atoms with Crippen LogP contribution in [0.5, 0.6) is 0 Å². The van der Waals surface area contributed by atoms with Crippen LogP contribution < -0.4 is 16.2 Å². The van der Waals surface area contributed by atoms with E-state index in [-0.39, 0.29) is 30.2 Å². The summed E-state index contributed by atoms with van der Waals surface area (Å²) in [6.45, 7) is 0.377. The van der Waals surface area contributed by atoms with Crippen LogP contribution in [-0.2, 0) is 6.18 Å². The van der Waals surface area contributed by atoms with Gasteiger partial charge in [0.2, 0.25) is 0 Å². The number of hydrogen-bond acceptors (Lipinski definition) is 5. The molecule has 0 bridgehead atoms. The first-order valence-electron chi connectivity index (χ1n) is 9.97. The van der Waals surface area contributed by atoms with Crippen molar-refractivity contribution in [2.75, 3.05) is 18.4 Å². The second-order valence-corrected chi connectivity index (χ2v) is 7.06. The number of para-hydroxylation sites is 1. The van der Waals surface area contributed by atoms with Gasteiger partial charge in [0.25, 0.3) is 11.5 Å². The van der Waals surface area contributed by atoms with Crippen LogP contribution in [0.15, 0.2) is 77.7 Å². The molecule has 0 saturated carbocycles. The lowest BCUT2D eigenvalue weighted by Crippen LogP contribution is -2.32. The van der Waals surface area contributed by atoms with Crippen LogP contribution in [0.25, 0.3) is 16.5 Å². The fourth-order valence-electron chi connectivity index (χ4n) is 3.22. The third-order valence-electron chi connectivity index (χ3n) is 4.83. The van der Waals surface area contributed by atoms with Crippen LogP contribution in [-0.4, -0.2) is 33.8 Å². The summed E-state index contributed by atoms with van der Waals surface area (Å²) in [6, 6.07) is 17.6. The average molecular weight is 453 g/mol. The van der Waals surface area contributed by atoms with Crippen LogP contribution in [0, 0.1) is 0 Å². The first kappa shape index (κ1) is 22.0. The summed E-state index contributed by atoms with van der Waals surface area (Å²) in [5.41, 5.74) is -0.574. The zero-order chi connectivity index (χ0) is 23.4. The molecule has 1 amide bonds. The highest BCUT2D eigenvalue weighted by Crippen LogP contribution is 2.28. The zero-order valence-electron chi connectivity index (χ0n) is 17.1. The molecule has 0 radical (unpaired) electrons. The maximum atomic E-state index is 12.9. The predicted octanol–water partition coefficient (Wildman–Crippen LogP) is 3.64.